The van der Waals surface area contributed by atoms with Crippen molar-refractivity contribution in [3.63, 3.8) is 0 Å². The maximum atomic E-state index is 7.67. The first-order valence-corrected chi connectivity index (χ1v) is 7.94. The standard InChI is InChI=1S/C17H28N4/c1-3-21-11-7-10-15(21)13-20(2)16(12-17(18)19)14-8-5-4-6-9-14/h4-6,8-9,15-16H,3,7,10-13H2,1-2H3,(H3,18,19). The Kier molecular flexibility index (Phi) is 5.76. The quantitative estimate of drug-likeness (QED) is 0.598. The largest absolute Gasteiger partial charge is 0.388 e. The number of hydrogen-bond donors (Lipinski definition) is 2. The van der Waals surface area contributed by atoms with Gasteiger partial charge in [0, 0.05) is 25.0 Å². The molecule has 2 rings (SSSR count). The van der Waals surface area contributed by atoms with Crippen molar-refractivity contribution < 1.29 is 0 Å². The summed E-state index contributed by atoms with van der Waals surface area (Å²) in [5.74, 6) is 0.259. The highest BCUT2D eigenvalue weighted by molar-refractivity contribution is 5.77. The maximum Gasteiger partial charge on any atom is 0.0924 e. The van der Waals surface area contributed by atoms with E-state index in [2.05, 4.69) is 48.0 Å². The fourth-order valence-electron chi connectivity index (χ4n) is 3.39. The highest BCUT2D eigenvalue weighted by Crippen LogP contribution is 2.25. The van der Waals surface area contributed by atoms with Gasteiger partial charge in [-0.2, -0.15) is 0 Å². The number of likely N-dealkylation sites (N-methyl/N-ethyl adjacent to an activating group) is 2. The smallest absolute Gasteiger partial charge is 0.0924 e. The lowest BCUT2D eigenvalue weighted by Crippen LogP contribution is -2.40. The van der Waals surface area contributed by atoms with E-state index in [4.69, 9.17) is 11.1 Å². The van der Waals surface area contributed by atoms with Gasteiger partial charge in [-0.25, -0.2) is 0 Å². The van der Waals surface area contributed by atoms with E-state index < -0.39 is 0 Å². The topological polar surface area (TPSA) is 56.4 Å². The minimum atomic E-state index is 0.197. The Hall–Kier alpha value is -1.39. The van der Waals surface area contributed by atoms with Crippen LogP contribution in [0.15, 0.2) is 30.3 Å². The average Bonchev–Trinajstić information content (AvgIpc) is 2.92. The third kappa shape index (κ3) is 4.29. The zero-order chi connectivity index (χ0) is 15.2. The van der Waals surface area contributed by atoms with Gasteiger partial charge >= 0.3 is 0 Å². The molecule has 1 aromatic rings. The van der Waals surface area contributed by atoms with Gasteiger partial charge in [-0.3, -0.25) is 15.2 Å². The summed E-state index contributed by atoms with van der Waals surface area (Å²) in [5, 5.41) is 7.67. The van der Waals surface area contributed by atoms with Crippen molar-refractivity contribution in [2.45, 2.75) is 38.3 Å². The van der Waals surface area contributed by atoms with E-state index >= 15 is 0 Å². The van der Waals surface area contributed by atoms with Crippen LogP contribution in [-0.2, 0) is 0 Å². The van der Waals surface area contributed by atoms with E-state index in [1.165, 1.54) is 24.9 Å². The predicted molar refractivity (Wildman–Crippen MR) is 88.6 cm³/mol. The first-order chi connectivity index (χ1) is 10.1. The van der Waals surface area contributed by atoms with Crippen LogP contribution in [0.2, 0.25) is 0 Å². The zero-order valence-electron chi connectivity index (χ0n) is 13.3. The fraction of sp³-hybridized carbons (Fsp3) is 0.588. The number of rotatable bonds is 7. The third-order valence-corrected chi connectivity index (χ3v) is 4.53. The van der Waals surface area contributed by atoms with Crippen LogP contribution in [0.3, 0.4) is 0 Å². The van der Waals surface area contributed by atoms with Crippen molar-refractivity contribution >= 4 is 5.84 Å². The monoisotopic (exact) mass is 288 g/mol. The van der Waals surface area contributed by atoms with Crippen molar-refractivity contribution in [1.29, 1.82) is 5.41 Å². The highest BCUT2D eigenvalue weighted by atomic mass is 15.2. The molecule has 0 bridgehead atoms. The van der Waals surface area contributed by atoms with Gasteiger partial charge in [-0.05, 0) is 38.5 Å². The second-order valence-electron chi connectivity index (χ2n) is 6.02. The molecule has 1 heterocycles. The summed E-state index contributed by atoms with van der Waals surface area (Å²) in [5.41, 5.74) is 6.92. The van der Waals surface area contributed by atoms with Crippen LogP contribution >= 0.6 is 0 Å². The van der Waals surface area contributed by atoms with Gasteiger partial charge in [0.15, 0.2) is 0 Å². The van der Waals surface area contributed by atoms with Gasteiger partial charge < -0.3 is 5.73 Å². The lowest BCUT2D eigenvalue weighted by Gasteiger charge is -2.33. The molecule has 116 valence electrons. The number of hydrogen-bond acceptors (Lipinski definition) is 3. The van der Waals surface area contributed by atoms with Crippen molar-refractivity contribution in [2.75, 3.05) is 26.7 Å². The van der Waals surface area contributed by atoms with Crippen LogP contribution in [0.1, 0.15) is 37.8 Å². The molecule has 1 fully saturated rings. The molecule has 21 heavy (non-hydrogen) atoms. The van der Waals surface area contributed by atoms with Crippen LogP contribution in [0.25, 0.3) is 0 Å². The van der Waals surface area contributed by atoms with Crippen LogP contribution < -0.4 is 5.73 Å². The van der Waals surface area contributed by atoms with Crippen molar-refractivity contribution in [2.24, 2.45) is 5.73 Å². The number of nitrogens with two attached hydrogens (primary N) is 1. The molecule has 1 saturated heterocycles. The van der Waals surface area contributed by atoms with Gasteiger partial charge in [0.05, 0.1) is 5.84 Å². The van der Waals surface area contributed by atoms with E-state index in [0.717, 1.165) is 13.1 Å². The number of nitrogens with zero attached hydrogens (tertiary/aromatic N) is 2. The lowest BCUT2D eigenvalue weighted by molar-refractivity contribution is 0.165. The summed E-state index contributed by atoms with van der Waals surface area (Å²) in [4.78, 5) is 4.93. The van der Waals surface area contributed by atoms with E-state index in [9.17, 15) is 0 Å². The molecule has 2 atom stereocenters. The summed E-state index contributed by atoms with van der Waals surface area (Å²) in [6.07, 6.45) is 3.17. The van der Waals surface area contributed by atoms with Gasteiger partial charge in [-0.15, -0.1) is 0 Å². The van der Waals surface area contributed by atoms with Gasteiger partial charge in [0.1, 0.15) is 0 Å². The Morgan fingerprint density at radius 2 is 2.14 bits per heavy atom. The molecule has 0 amide bonds. The molecule has 0 saturated carbocycles. The minimum Gasteiger partial charge on any atom is -0.388 e. The van der Waals surface area contributed by atoms with Crippen LogP contribution in [0, 0.1) is 5.41 Å². The Bertz CT molecular complexity index is 445. The number of amidine groups is 1. The molecule has 4 heteroatoms. The van der Waals surface area contributed by atoms with Crippen molar-refractivity contribution in [3.8, 4) is 0 Å². The zero-order valence-corrected chi connectivity index (χ0v) is 13.3. The molecule has 2 unspecified atom stereocenters. The highest BCUT2D eigenvalue weighted by Gasteiger charge is 2.27. The Morgan fingerprint density at radius 1 is 1.43 bits per heavy atom. The van der Waals surface area contributed by atoms with Gasteiger partial charge in [0.25, 0.3) is 0 Å². The molecular formula is C17H28N4. The second kappa shape index (κ2) is 7.57. The number of nitrogens with one attached hydrogen (secondary N) is 1. The average molecular weight is 288 g/mol. The van der Waals surface area contributed by atoms with Crippen LogP contribution in [-0.4, -0.2) is 48.4 Å². The Balaban J connectivity index is 2.07. The van der Waals surface area contributed by atoms with Crippen LogP contribution in [0.5, 0.6) is 0 Å². The summed E-state index contributed by atoms with van der Waals surface area (Å²) >= 11 is 0. The van der Waals surface area contributed by atoms with Crippen molar-refractivity contribution in [1.82, 2.24) is 9.80 Å². The molecule has 1 aromatic carbocycles. The summed E-state index contributed by atoms with van der Waals surface area (Å²) in [7, 11) is 2.16. The predicted octanol–water partition coefficient (Wildman–Crippen LogP) is 2.47. The fourth-order valence-corrected chi connectivity index (χ4v) is 3.39. The third-order valence-electron chi connectivity index (χ3n) is 4.53. The SMILES string of the molecule is CCN1CCCC1CN(C)C(CC(=N)N)c1ccccc1. The molecule has 1 aliphatic rings. The van der Waals surface area contributed by atoms with E-state index in [-0.39, 0.29) is 11.9 Å². The van der Waals surface area contributed by atoms with Gasteiger partial charge in [-0.1, -0.05) is 37.3 Å². The molecule has 4 nitrogen and oxygen atoms in total. The van der Waals surface area contributed by atoms with Crippen LogP contribution in [0.4, 0.5) is 0 Å². The van der Waals surface area contributed by atoms with E-state index in [1.54, 1.807) is 0 Å². The molecule has 0 radical (unpaired) electrons. The summed E-state index contributed by atoms with van der Waals surface area (Å²) in [6.45, 7) is 5.63. The number of benzene rings is 1. The summed E-state index contributed by atoms with van der Waals surface area (Å²) < 4.78 is 0. The first-order valence-electron chi connectivity index (χ1n) is 7.94. The van der Waals surface area contributed by atoms with Crippen molar-refractivity contribution in [3.05, 3.63) is 35.9 Å². The molecule has 0 spiro atoms. The maximum absolute atomic E-state index is 7.67. The molecular weight excluding hydrogens is 260 g/mol. The lowest BCUT2D eigenvalue weighted by atomic mass is 10.0. The normalized spacial score (nSPS) is 20.8. The first kappa shape index (κ1) is 16.0. The Morgan fingerprint density at radius 3 is 2.76 bits per heavy atom. The Labute approximate surface area is 128 Å². The van der Waals surface area contributed by atoms with E-state index in [1.807, 2.05) is 6.07 Å². The summed E-state index contributed by atoms with van der Waals surface area (Å²) in [6, 6.07) is 11.3. The molecule has 0 aliphatic carbocycles. The minimum absolute atomic E-state index is 0.197. The molecule has 1 aliphatic heterocycles. The number of likely N-dealkylation sites (tertiary alicyclic amines) is 1. The van der Waals surface area contributed by atoms with E-state index in [0.29, 0.717) is 12.5 Å². The second-order valence-corrected chi connectivity index (χ2v) is 6.02. The van der Waals surface area contributed by atoms with Gasteiger partial charge in [0.2, 0.25) is 0 Å². The molecule has 3 N–H and O–H groups in total. The molecule has 0 aromatic heterocycles.